The third kappa shape index (κ3) is 1.54. The lowest BCUT2D eigenvalue weighted by atomic mass is 10.2. The molecule has 0 aliphatic carbocycles. The summed E-state index contributed by atoms with van der Waals surface area (Å²) in [5.41, 5.74) is -1.04. The molecule has 0 spiro atoms. The molecule has 0 aliphatic rings. The second kappa shape index (κ2) is 3.41. The number of benzene rings is 1. The number of carboxylic acid groups (broad SMARTS) is 1. The van der Waals surface area contributed by atoms with Gasteiger partial charge in [0, 0.05) is 12.1 Å². The summed E-state index contributed by atoms with van der Waals surface area (Å²) in [6.07, 6.45) is 0. The average Bonchev–Trinajstić information content (AvgIpc) is 2.20. The van der Waals surface area contributed by atoms with Crippen molar-refractivity contribution in [3.63, 3.8) is 0 Å². The van der Waals surface area contributed by atoms with E-state index in [-0.39, 0.29) is 11.0 Å². The van der Waals surface area contributed by atoms with Crippen LogP contribution in [-0.4, -0.2) is 11.1 Å². The zero-order chi connectivity index (χ0) is 11.9. The Labute approximate surface area is 86.7 Å². The Bertz CT molecular complexity index is 645. The summed E-state index contributed by atoms with van der Waals surface area (Å²) < 4.78 is 30.4. The molecule has 0 bridgehead atoms. The molecular weight excluding hydrogens is 222 g/mol. The Kier molecular flexibility index (Phi) is 2.19. The summed E-state index contributed by atoms with van der Waals surface area (Å²) in [5.74, 6) is -4.48. The minimum Gasteiger partial charge on any atom is -0.475 e. The number of halogens is 2. The van der Waals surface area contributed by atoms with Crippen LogP contribution in [0.1, 0.15) is 10.6 Å². The lowest BCUT2D eigenvalue weighted by Crippen LogP contribution is -2.07. The quantitative estimate of drug-likeness (QED) is 0.804. The molecule has 82 valence electrons. The molecule has 0 fully saturated rings. The van der Waals surface area contributed by atoms with Crippen LogP contribution in [0.2, 0.25) is 0 Å². The van der Waals surface area contributed by atoms with Crippen molar-refractivity contribution in [2.75, 3.05) is 0 Å². The van der Waals surface area contributed by atoms with E-state index in [1.54, 1.807) is 0 Å². The maximum absolute atomic E-state index is 12.8. The average molecular weight is 226 g/mol. The fourth-order valence-corrected chi connectivity index (χ4v) is 1.26. The molecule has 0 atom stereocenters. The molecule has 1 N–H and O–H groups in total. The SMILES string of the molecule is O=C(O)c1cc(=O)c2cc(F)c(F)cc2o1. The summed E-state index contributed by atoms with van der Waals surface area (Å²) >= 11 is 0. The van der Waals surface area contributed by atoms with E-state index in [2.05, 4.69) is 0 Å². The van der Waals surface area contributed by atoms with E-state index < -0.39 is 28.8 Å². The van der Waals surface area contributed by atoms with Crippen LogP contribution in [0, 0.1) is 11.6 Å². The summed E-state index contributed by atoms with van der Waals surface area (Å²) in [5, 5.41) is 8.39. The van der Waals surface area contributed by atoms with Gasteiger partial charge in [0.25, 0.3) is 0 Å². The van der Waals surface area contributed by atoms with E-state index in [0.717, 1.165) is 0 Å². The zero-order valence-electron chi connectivity index (χ0n) is 7.66. The molecule has 4 nitrogen and oxygen atoms in total. The Morgan fingerprint density at radius 1 is 1.19 bits per heavy atom. The molecule has 0 saturated heterocycles. The lowest BCUT2D eigenvalue weighted by molar-refractivity contribution is 0.0663. The van der Waals surface area contributed by atoms with Crippen molar-refractivity contribution >= 4 is 16.9 Å². The second-order valence-corrected chi connectivity index (χ2v) is 3.04. The summed E-state index contributed by atoms with van der Waals surface area (Å²) in [7, 11) is 0. The van der Waals surface area contributed by atoms with Crippen LogP contribution in [0.25, 0.3) is 11.0 Å². The number of hydrogen-bond acceptors (Lipinski definition) is 3. The predicted octanol–water partition coefficient (Wildman–Crippen LogP) is 1.77. The van der Waals surface area contributed by atoms with Gasteiger partial charge in [0.1, 0.15) is 5.58 Å². The molecule has 0 radical (unpaired) electrons. The Morgan fingerprint density at radius 3 is 2.44 bits per heavy atom. The predicted molar refractivity (Wildman–Crippen MR) is 49.4 cm³/mol. The van der Waals surface area contributed by atoms with Gasteiger partial charge >= 0.3 is 5.97 Å². The van der Waals surface area contributed by atoms with Crippen LogP contribution >= 0.6 is 0 Å². The van der Waals surface area contributed by atoms with E-state index >= 15 is 0 Å². The van der Waals surface area contributed by atoms with Crippen molar-refractivity contribution in [1.29, 1.82) is 0 Å². The van der Waals surface area contributed by atoms with E-state index in [1.807, 2.05) is 0 Å². The summed E-state index contributed by atoms with van der Waals surface area (Å²) in [6, 6.07) is 2.02. The molecular formula is C10H4F2O4. The molecule has 1 heterocycles. The molecule has 1 aromatic carbocycles. The molecule has 0 unspecified atom stereocenters. The first-order chi connectivity index (χ1) is 7.49. The van der Waals surface area contributed by atoms with Crippen molar-refractivity contribution < 1.29 is 23.1 Å². The number of carbonyl (C=O) groups is 1. The van der Waals surface area contributed by atoms with Gasteiger partial charge in [-0.1, -0.05) is 0 Å². The lowest BCUT2D eigenvalue weighted by Gasteiger charge is -1.99. The van der Waals surface area contributed by atoms with Gasteiger partial charge in [-0.2, -0.15) is 0 Å². The fourth-order valence-electron chi connectivity index (χ4n) is 1.26. The van der Waals surface area contributed by atoms with Crippen molar-refractivity contribution in [2.45, 2.75) is 0 Å². The number of hydrogen-bond donors (Lipinski definition) is 1. The van der Waals surface area contributed by atoms with Crippen molar-refractivity contribution in [3.8, 4) is 0 Å². The number of rotatable bonds is 1. The van der Waals surface area contributed by atoms with Gasteiger partial charge in [0.05, 0.1) is 5.39 Å². The third-order valence-electron chi connectivity index (χ3n) is 1.98. The highest BCUT2D eigenvalue weighted by molar-refractivity contribution is 5.87. The largest absolute Gasteiger partial charge is 0.475 e. The molecule has 0 saturated carbocycles. The van der Waals surface area contributed by atoms with Crippen LogP contribution < -0.4 is 5.43 Å². The van der Waals surface area contributed by atoms with Crippen molar-refractivity contribution in [1.82, 2.24) is 0 Å². The molecule has 1 aromatic heterocycles. The zero-order valence-corrected chi connectivity index (χ0v) is 7.66. The summed E-state index contributed by atoms with van der Waals surface area (Å²) in [6.45, 7) is 0. The molecule has 0 amide bonds. The monoisotopic (exact) mass is 226 g/mol. The molecule has 6 heteroatoms. The highest BCUT2D eigenvalue weighted by atomic mass is 19.2. The topological polar surface area (TPSA) is 67.5 Å². The van der Waals surface area contributed by atoms with Crippen molar-refractivity contribution in [3.05, 3.63) is 45.8 Å². The Morgan fingerprint density at radius 2 is 1.81 bits per heavy atom. The van der Waals surface area contributed by atoms with E-state index in [9.17, 15) is 18.4 Å². The number of fused-ring (bicyclic) bond motifs is 1. The number of carboxylic acids is 1. The number of aromatic carboxylic acids is 1. The van der Waals surface area contributed by atoms with E-state index in [1.165, 1.54) is 0 Å². The van der Waals surface area contributed by atoms with Crippen LogP contribution in [0.3, 0.4) is 0 Å². The van der Waals surface area contributed by atoms with Gasteiger partial charge < -0.3 is 9.52 Å². The molecule has 2 rings (SSSR count). The van der Waals surface area contributed by atoms with Crippen LogP contribution in [0.15, 0.2) is 27.4 Å². The maximum Gasteiger partial charge on any atom is 0.371 e. The van der Waals surface area contributed by atoms with Gasteiger partial charge in [-0.25, -0.2) is 13.6 Å². The second-order valence-electron chi connectivity index (χ2n) is 3.04. The Hall–Kier alpha value is -2.24. The molecule has 0 aliphatic heterocycles. The highest BCUT2D eigenvalue weighted by Gasteiger charge is 2.13. The first kappa shape index (κ1) is 10.3. The standard InChI is InChI=1S/C10H4F2O4/c11-5-1-4-7(13)3-9(10(14)15)16-8(4)2-6(5)12/h1-3H,(H,14,15). The van der Waals surface area contributed by atoms with Crippen LogP contribution in [0.4, 0.5) is 8.78 Å². The van der Waals surface area contributed by atoms with Crippen LogP contribution in [-0.2, 0) is 0 Å². The highest BCUT2D eigenvalue weighted by Crippen LogP contribution is 2.16. The first-order valence-electron chi connectivity index (χ1n) is 4.15. The maximum atomic E-state index is 12.8. The Balaban J connectivity index is 2.88. The van der Waals surface area contributed by atoms with Crippen molar-refractivity contribution in [2.24, 2.45) is 0 Å². The summed E-state index contributed by atoms with van der Waals surface area (Å²) in [4.78, 5) is 21.9. The minimum absolute atomic E-state index is 0.205. The smallest absolute Gasteiger partial charge is 0.371 e. The van der Waals surface area contributed by atoms with Gasteiger partial charge in [0.2, 0.25) is 5.76 Å². The van der Waals surface area contributed by atoms with Gasteiger partial charge in [-0.3, -0.25) is 4.79 Å². The molecule has 16 heavy (non-hydrogen) atoms. The first-order valence-corrected chi connectivity index (χ1v) is 4.15. The van der Waals surface area contributed by atoms with Gasteiger partial charge in [0.15, 0.2) is 17.1 Å². The third-order valence-corrected chi connectivity index (χ3v) is 1.98. The van der Waals surface area contributed by atoms with Gasteiger partial charge in [-0.05, 0) is 6.07 Å². The molecule has 2 aromatic rings. The van der Waals surface area contributed by atoms with E-state index in [4.69, 9.17) is 9.52 Å². The van der Waals surface area contributed by atoms with Gasteiger partial charge in [-0.15, -0.1) is 0 Å². The minimum atomic E-state index is -1.45. The van der Waals surface area contributed by atoms with Crippen LogP contribution in [0.5, 0.6) is 0 Å². The fraction of sp³-hybridized carbons (Fsp3) is 0. The van der Waals surface area contributed by atoms with E-state index in [0.29, 0.717) is 18.2 Å². The normalized spacial score (nSPS) is 10.6.